The third-order valence-electron chi connectivity index (χ3n) is 6.67. The number of benzene rings is 3. The van der Waals surface area contributed by atoms with Gasteiger partial charge in [0.15, 0.2) is 0 Å². The van der Waals surface area contributed by atoms with Gasteiger partial charge in [-0.05, 0) is 59.9 Å². The summed E-state index contributed by atoms with van der Waals surface area (Å²) in [5, 5.41) is 11.6. The van der Waals surface area contributed by atoms with E-state index in [1.54, 1.807) is 37.4 Å². The van der Waals surface area contributed by atoms with Crippen LogP contribution in [0.3, 0.4) is 0 Å². The number of aryl methyl sites for hydroxylation is 1. The summed E-state index contributed by atoms with van der Waals surface area (Å²) in [4.78, 5) is 35.5. The van der Waals surface area contributed by atoms with E-state index < -0.39 is 23.5 Å². The molecular weight excluding hydrogens is 473 g/mol. The van der Waals surface area contributed by atoms with Crippen LogP contribution in [0, 0.1) is 12.7 Å². The molecule has 0 radical (unpaired) electrons. The number of hydrogen-bond acceptors (Lipinski definition) is 5. The first-order valence-electron chi connectivity index (χ1n) is 11.9. The fourth-order valence-corrected chi connectivity index (χ4v) is 4.81. The van der Waals surface area contributed by atoms with Gasteiger partial charge in [-0.15, -0.1) is 0 Å². The zero-order valence-electron chi connectivity index (χ0n) is 20.9. The molecule has 0 saturated carbocycles. The number of aromatic amines is 1. The lowest BCUT2D eigenvalue weighted by atomic mass is 9.91. The van der Waals surface area contributed by atoms with Crippen LogP contribution in [0.25, 0.3) is 16.8 Å². The Morgan fingerprint density at radius 1 is 1.11 bits per heavy atom. The third kappa shape index (κ3) is 4.04. The molecule has 5 rings (SSSR count). The second-order valence-corrected chi connectivity index (χ2v) is 9.37. The van der Waals surface area contributed by atoms with Gasteiger partial charge in [0.25, 0.3) is 5.78 Å². The molecule has 2 heterocycles. The van der Waals surface area contributed by atoms with Crippen LogP contribution in [-0.4, -0.2) is 33.9 Å². The Morgan fingerprint density at radius 3 is 2.51 bits per heavy atom. The average Bonchev–Trinajstić information content (AvgIpc) is 3.41. The maximum Gasteiger partial charge on any atom is 0.302 e. The molecule has 2 N–H and O–H groups in total. The number of anilines is 1. The normalized spacial score (nSPS) is 17.2. The van der Waals surface area contributed by atoms with Gasteiger partial charge in [-0.25, -0.2) is 9.37 Å². The molecule has 1 aliphatic heterocycles. The molecule has 0 aliphatic carbocycles. The van der Waals surface area contributed by atoms with Crippen LogP contribution in [0.15, 0.2) is 66.2 Å². The van der Waals surface area contributed by atoms with Crippen molar-refractivity contribution in [1.29, 1.82) is 0 Å². The molecule has 3 aromatic carbocycles. The minimum atomic E-state index is -0.949. The molecule has 8 heteroatoms. The Morgan fingerprint density at radius 2 is 1.84 bits per heavy atom. The molecule has 1 aliphatic rings. The summed E-state index contributed by atoms with van der Waals surface area (Å²) in [5.41, 5.74) is 3.38. The summed E-state index contributed by atoms with van der Waals surface area (Å²) in [7, 11) is 1.58. The zero-order valence-corrected chi connectivity index (χ0v) is 20.9. The second-order valence-electron chi connectivity index (χ2n) is 9.37. The number of nitrogens with zero attached hydrogens (tertiary/aromatic N) is 2. The minimum absolute atomic E-state index is 0.0502. The van der Waals surface area contributed by atoms with Gasteiger partial charge in [0.05, 0.1) is 29.8 Å². The van der Waals surface area contributed by atoms with Crippen molar-refractivity contribution in [3.63, 3.8) is 0 Å². The summed E-state index contributed by atoms with van der Waals surface area (Å²) in [5.74, 6) is -1.56. The van der Waals surface area contributed by atoms with Crippen molar-refractivity contribution in [3.8, 4) is 5.75 Å². The predicted octanol–water partition coefficient (Wildman–Crippen LogP) is 5.77. The van der Waals surface area contributed by atoms with E-state index in [1.807, 2.05) is 32.9 Å². The van der Waals surface area contributed by atoms with Crippen LogP contribution < -0.4 is 9.64 Å². The Hall–Kier alpha value is -4.46. The zero-order chi connectivity index (χ0) is 26.4. The van der Waals surface area contributed by atoms with E-state index in [0.29, 0.717) is 33.5 Å². The van der Waals surface area contributed by atoms with E-state index in [0.717, 1.165) is 5.56 Å². The smallest absolute Gasteiger partial charge is 0.302 e. The van der Waals surface area contributed by atoms with Crippen LogP contribution in [0.2, 0.25) is 0 Å². The van der Waals surface area contributed by atoms with Crippen molar-refractivity contribution in [1.82, 2.24) is 9.97 Å². The van der Waals surface area contributed by atoms with Crippen LogP contribution >= 0.6 is 0 Å². The highest BCUT2D eigenvalue weighted by molar-refractivity contribution is 6.51. The number of aliphatic hydroxyl groups excluding tert-OH is 1. The fraction of sp³-hybridized carbons (Fsp3) is 0.207. The number of ether oxygens (including phenoxy) is 1. The van der Waals surface area contributed by atoms with Crippen LogP contribution in [0.1, 0.15) is 48.1 Å². The molecule has 1 aromatic heterocycles. The number of Topliss-reactive ketones (excluding diaryl/α,β-unsaturated/α-hetero) is 1. The number of imidazole rings is 1. The number of aliphatic hydroxyl groups is 1. The molecule has 37 heavy (non-hydrogen) atoms. The first kappa shape index (κ1) is 24.2. The molecule has 1 unspecified atom stereocenters. The molecule has 0 spiro atoms. The lowest BCUT2D eigenvalue weighted by Crippen LogP contribution is -2.30. The van der Waals surface area contributed by atoms with E-state index in [-0.39, 0.29) is 23.2 Å². The number of H-pyrrole nitrogens is 1. The van der Waals surface area contributed by atoms with Crippen LogP contribution in [0.5, 0.6) is 5.75 Å². The highest BCUT2D eigenvalue weighted by atomic mass is 19.1. The van der Waals surface area contributed by atoms with E-state index in [4.69, 9.17) is 4.74 Å². The number of carbonyl (C=O) groups is 2. The third-order valence-corrected chi connectivity index (χ3v) is 6.67. The van der Waals surface area contributed by atoms with E-state index in [1.165, 1.54) is 23.1 Å². The van der Waals surface area contributed by atoms with Crippen molar-refractivity contribution in [3.05, 3.63) is 94.3 Å². The van der Waals surface area contributed by atoms with Crippen molar-refractivity contribution >= 4 is 34.4 Å². The van der Waals surface area contributed by atoms with Crippen molar-refractivity contribution in [2.45, 2.75) is 32.7 Å². The number of carbonyl (C=O) groups excluding carboxylic acids is 2. The van der Waals surface area contributed by atoms with Gasteiger partial charge in [-0.2, -0.15) is 0 Å². The number of nitrogens with one attached hydrogen (secondary N) is 1. The number of ketones is 1. The van der Waals surface area contributed by atoms with E-state index >= 15 is 0 Å². The molecule has 1 fully saturated rings. The quantitative estimate of drug-likeness (QED) is 0.207. The number of hydrogen-bond donors (Lipinski definition) is 2. The van der Waals surface area contributed by atoms with Gasteiger partial charge >= 0.3 is 5.91 Å². The first-order chi connectivity index (χ1) is 17.7. The largest absolute Gasteiger partial charge is 0.507 e. The topological polar surface area (TPSA) is 95.5 Å². The monoisotopic (exact) mass is 499 g/mol. The predicted molar refractivity (Wildman–Crippen MR) is 139 cm³/mol. The molecule has 1 atom stereocenters. The highest BCUT2D eigenvalue weighted by Gasteiger charge is 2.48. The maximum atomic E-state index is 13.8. The van der Waals surface area contributed by atoms with Crippen LogP contribution in [0.4, 0.5) is 10.3 Å². The van der Waals surface area contributed by atoms with Gasteiger partial charge in [-0.3, -0.25) is 14.5 Å². The minimum Gasteiger partial charge on any atom is -0.507 e. The number of aromatic nitrogens is 2. The SMILES string of the molecule is COc1cc(C)c(/C(O)=C2\C(=O)C(=O)N(c3nc4ccc(F)cc4[nH]3)C2c2ccccc2)cc1C(C)C. The number of rotatable bonds is 5. The van der Waals surface area contributed by atoms with E-state index in [2.05, 4.69) is 9.97 Å². The number of fused-ring (bicyclic) bond motifs is 1. The number of amides is 1. The fourth-order valence-electron chi connectivity index (χ4n) is 4.81. The standard InChI is InChI=1S/C29H26FN3O4/c1-15(2)19-14-20(16(3)12-23(19)37-4)26(34)24-25(17-8-6-5-7-9-17)33(28(36)27(24)35)29-31-21-11-10-18(30)13-22(21)32-29/h5-15,25,34H,1-4H3,(H,31,32)/b26-24+. The highest BCUT2D eigenvalue weighted by Crippen LogP contribution is 2.43. The van der Waals surface area contributed by atoms with Gasteiger partial charge < -0.3 is 14.8 Å². The molecule has 1 amide bonds. The average molecular weight is 500 g/mol. The molecule has 188 valence electrons. The Kier molecular flexibility index (Phi) is 6.03. The summed E-state index contributed by atoms with van der Waals surface area (Å²) >= 11 is 0. The Labute approximate surface area is 213 Å². The molecular formula is C29H26FN3O4. The van der Waals surface area contributed by atoms with Gasteiger partial charge in [0.2, 0.25) is 5.95 Å². The number of halogens is 1. The lowest BCUT2D eigenvalue weighted by molar-refractivity contribution is -0.132. The summed E-state index contributed by atoms with van der Waals surface area (Å²) in [6.45, 7) is 5.82. The van der Waals surface area contributed by atoms with Crippen LogP contribution in [-0.2, 0) is 9.59 Å². The van der Waals surface area contributed by atoms with Gasteiger partial charge in [0.1, 0.15) is 17.3 Å². The molecule has 1 saturated heterocycles. The summed E-state index contributed by atoms with van der Waals surface area (Å²) in [6, 6.07) is 15.7. The number of methoxy groups -OCH3 is 1. The first-order valence-corrected chi connectivity index (χ1v) is 11.9. The van der Waals surface area contributed by atoms with Crippen molar-refractivity contribution in [2.75, 3.05) is 12.0 Å². The van der Waals surface area contributed by atoms with Gasteiger partial charge in [-0.1, -0.05) is 44.2 Å². The summed E-state index contributed by atoms with van der Waals surface area (Å²) in [6.07, 6.45) is 0. The van der Waals surface area contributed by atoms with Crippen molar-refractivity contribution in [2.24, 2.45) is 0 Å². The van der Waals surface area contributed by atoms with Gasteiger partial charge in [0, 0.05) is 5.56 Å². The molecule has 0 bridgehead atoms. The maximum absolute atomic E-state index is 13.8. The summed E-state index contributed by atoms with van der Waals surface area (Å²) < 4.78 is 19.3. The molecule has 7 nitrogen and oxygen atoms in total. The lowest BCUT2D eigenvalue weighted by Gasteiger charge is -2.23. The van der Waals surface area contributed by atoms with E-state index in [9.17, 15) is 19.1 Å². The Balaban J connectivity index is 1.74. The second kappa shape index (κ2) is 9.20. The Bertz CT molecular complexity index is 1570. The van der Waals surface area contributed by atoms with Crippen molar-refractivity contribution < 1.29 is 23.8 Å². The molecule has 4 aromatic rings.